The maximum absolute atomic E-state index is 10.5. The summed E-state index contributed by atoms with van der Waals surface area (Å²) in [6.07, 6.45) is 1.15. The van der Waals surface area contributed by atoms with E-state index in [9.17, 15) is 4.79 Å². The topological polar surface area (TPSA) is 66.6 Å². The van der Waals surface area contributed by atoms with E-state index >= 15 is 0 Å². The fraction of sp³-hybridized carbons (Fsp3) is 0.875. The molecule has 0 aromatic heterocycles. The van der Waals surface area contributed by atoms with Gasteiger partial charge >= 0.3 is 5.97 Å². The minimum absolute atomic E-state index is 0.445. The average Bonchev–Trinajstić information content (AvgIpc) is 2.55. The molecule has 0 bridgehead atoms. The van der Waals surface area contributed by atoms with Crippen LogP contribution in [0.1, 0.15) is 6.42 Å². The third-order valence-electron chi connectivity index (χ3n) is 2.33. The number of hydrogen-bond donors (Lipinski definition) is 2. The highest BCUT2D eigenvalue weighted by molar-refractivity contribution is 7.99. The lowest BCUT2D eigenvalue weighted by Crippen LogP contribution is -2.45. The average molecular weight is 204 g/mol. The normalized spacial score (nSPS) is 25.0. The molecule has 1 aliphatic rings. The molecule has 0 amide bonds. The molecule has 2 atom stereocenters. The van der Waals surface area contributed by atoms with Crippen molar-refractivity contribution < 1.29 is 9.90 Å². The van der Waals surface area contributed by atoms with Crippen molar-refractivity contribution in [1.82, 2.24) is 4.90 Å². The molecule has 76 valence electrons. The summed E-state index contributed by atoms with van der Waals surface area (Å²) in [5.74, 6) is 1.36. The van der Waals surface area contributed by atoms with E-state index in [1.807, 2.05) is 18.8 Å². The third kappa shape index (κ3) is 3.17. The van der Waals surface area contributed by atoms with Gasteiger partial charge in [0.1, 0.15) is 6.04 Å². The van der Waals surface area contributed by atoms with E-state index in [1.54, 1.807) is 0 Å². The molecule has 1 aliphatic heterocycles. The van der Waals surface area contributed by atoms with Crippen molar-refractivity contribution in [3.8, 4) is 0 Å². The molecule has 2 unspecified atom stereocenters. The van der Waals surface area contributed by atoms with Crippen LogP contribution >= 0.6 is 11.8 Å². The first-order valence-corrected chi connectivity index (χ1v) is 5.53. The van der Waals surface area contributed by atoms with Gasteiger partial charge in [0.05, 0.1) is 0 Å². The molecular weight excluding hydrogens is 188 g/mol. The smallest absolute Gasteiger partial charge is 0.321 e. The van der Waals surface area contributed by atoms with Crippen LogP contribution in [0.4, 0.5) is 0 Å². The van der Waals surface area contributed by atoms with Gasteiger partial charge in [-0.15, -0.1) is 0 Å². The summed E-state index contributed by atoms with van der Waals surface area (Å²) in [6, 6.07) is -0.244. The number of aliphatic carboxylic acids is 1. The number of likely N-dealkylation sites (N-methyl/N-ethyl adjacent to an activating group) is 1. The van der Waals surface area contributed by atoms with Gasteiger partial charge in [-0.3, -0.25) is 4.79 Å². The van der Waals surface area contributed by atoms with Crippen molar-refractivity contribution in [2.24, 2.45) is 5.73 Å². The van der Waals surface area contributed by atoms with E-state index in [4.69, 9.17) is 10.8 Å². The first kappa shape index (κ1) is 10.8. The van der Waals surface area contributed by atoms with E-state index in [1.165, 1.54) is 5.75 Å². The van der Waals surface area contributed by atoms with Gasteiger partial charge in [-0.1, -0.05) is 0 Å². The predicted molar refractivity (Wildman–Crippen MR) is 54.0 cm³/mol. The third-order valence-corrected chi connectivity index (χ3v) is 3.48. The highest BCUT2D eigenvalue weighted by Gasteiger charge is 2.23. The summed E-state index contributed by atoms with van der Waals surface area (Å²) in [6.45, 7) is 0.445. The number of nitrogens with zero attached hydrogens (tertiary/aromatic N) is 1. The number of rotatable bonds is 4. The van der Waals surface area contributed by atoms with E-state index < -0.39 is 12.0 Å². The monoisotopic (exact) mass is 204 g/mol. The fourth-order valence-corrected chi connectivity index (χ4v) is 2.71. The minimum atomic E-state index is -0.919. The molecule has 1 fully saturated rings. The van der Waals surface area contributed by atoms with Crippen LogP contribution in [0.2, 0.25) is 0 Å². The molecule has 0 saturated carbocycles. The Morgan fingerprint density at radius 1 is 1.85 bits per heavy atom. The molecule has 1 saturated heterocycles. The van der Waals surface area contributed by atoms with E-state index in [-0.39, 0.29) is 0 Å². The van der Waals surface area contributed by atoms with Crippen LogP contribution in [0.5, 0.6) is 0 Å². The highest BCUT2D eigenvalue weighted by atomic mass is 32.2. The zero-order valence-electron chi connectivity index (χ0n) is 7.77. The number of nitrogens with two attached hydrogens (primary N) is 1. The van der Waals surface area contributed by atoms with Crippen molar-refractivity contribution in [3.05, 3.63) is 0 Å². The standard InChI is InChI=1S/C8H16N2O2S/c1-10(4-7(9)8(11)12)6-2-3-13-5-6/h6-7H,2-5,9H2,1H3,(H,11,12). The number of hydrogen-bond acceptors (Lipinski definition) is 4. The lowest BCUT2D eigenvalue weighted by molar-refractivity contribution is -0.139. The second kappa shape index (κ2) is 4.83. The Morgan fingerprint density at radius 3 is 3.00 bits per heavy atom. The van der Waals surface area contributed by atoms with Crippen LogP contribution in [0.15, 0.2) is 0 Å². The predicted octanol–water partition coefficient (Wildman–Crippen LogP) is -0.164. The highest BCUT2D eigenvalue weighted by Crippen LogP contribution is 2.21. The Morgan fingerprint density at radius 2 is 2.54 bits per heavy atom. The number of carboxylic acids is 1. The Kier molecular flexibility index (Phi) is 4.02. The lowest BCUT2D eigenvalue weighted by Gasteiger charge is -2.24. The minimum Gasteiger partial charge on any atom is -0.480 e. The molecule has 1 rings (SSSR count). The molecule has 0 aromatic carbocycles. The molecule has 1 heterocycles. The molecule has 0 radical (unpaired) electrons. The van der Waals surface area contributed by atoms with Gasteiger partial charge in [0.15, 0.2) is 0 Å². The zero-order valence-corrected chi connectivity index (χ0v) is 8.59. The first-order chi connectivity index (χ1) is 6.11. The molecule has 3 N–H and O–H groups in total. The molecule has 5 heteroatoms. The zero-order chi connectivity index (χ0) is 9.84. The molecule has 4 nitrogen and oxygen atoms in total. The molecular formula is C8H16N2O2S. The van der Waals surface area contributed by atoms with Gasteiger partial charge in [0.2, 0.25) is 0 Å². The maximum atomic E-state index is 10.5. The van der Waals surface area contributed by atoms with Crippen LogP contribution in [0.3, 0.4) is 0 Å². The van der Waals surface area contributed by atoms with Crippen LogP contribution in [-0.2, 0) is 4.79 Å². The molecule has 13 heavy (non-hydrogen) atoms. The van der Waals surface area contributed by atoms with E-state index in [0.29, 0.717) is 12.6 Å². The van der Waals surface area contributed by atoms with E-state index in [2.05, 4.69) is 4.90 Å². The Hall–Kier alpha value is -0.260. The molecule has 0 aliphatic carbocycles. The van der Waals surface area contributed by atoms with E-state index in [0.717, 1.165) is 12.2 Å². The second-order valence-corrected chi connectivity index (χ2v) is 4.55. The Labute approximate surface area is 82.5 Å². The summed E-state index contributed by atoms with van der Waals surface area (Å²) in [7, 11) is 1.94. The number of carbonyl (C=O) groups is 1. The molecule has 0 aromatic rings. The van der Waals surface area contributed by atoms with Crippen molar-refractivity contribution in [3.63, 3.8) is 0 Å². The summed E-state index contributed by atoms with van der Waals surface area (Å²) in [5.41, 5.74) is 5.44. The van der Waals surface area contributed by atoms with Gasteiger partial charge in [-0.05, 0) is 19.2 Å². The summed E-state index contributed by atoms with van der Waals surface area (Å²) in [5, 5.41) is 8.62. The van der Waals surface area contributed by atoms with Crippen molar-refractivity contribution >= 4 is 17.7 Å². The van der Waals surface area contributed by atoms with Crippen molar-refractivity contribution in [2.75, 3.05) is 25.1 Å². The second-order valence-electron chi connectivity index (χ2n) is 3.40. The van der Waals surface area contributed by atoms with Crippen LogP contribution in [0, 0.1) is 0 Å². The molecule has 0 spiro atoms. The van der Waals surface area contributed by atoms with Gasteiger partial charge in [-0.25, -0.2) is 0 Å². The number of carboxylic acid groups (broad SMARTS) is 1. The summed E-state index contributed by atoms with van der Waals surface area (Å²) in [4.78, 5) is 12.5. The SMILES string of the molecule is CN(CC(N)C(=O)O)C1CCSC1. The quantitative estimate of drug-likeness (QED) is 0.666. The summed E-state index contributed by atoms with van der Waals surface area (Å²) < 4.78 is 0. The number of thioether (sulfide) groups is 1. The first-order valence-electron chi connectivity index (χ1n) is 4.37. The van der Waals surface area contributed by atoms with Gasteiger partial charge < -0.3 is 15.7 Å². The lowest BCUT2D eigenvalue weighted by atomic mass is 10.2. The Bertz CT molecular complexity index is 183. The maximum Gasteiger partial charge on any atom is 0.321 e. The Balaban J connectivity index is 2.30. The van der Waals surface area contributed by atoms with Crippen LogP contribution < -0.4 is 5.73 Å². The van der Waals surface area contributed by atoms with Gasteiger partial charge in [-0.2, -0.15) is 11.8 Å². The van der Waals surface area contributed by atoms with Crippen LogP contribution in [0.25, 0.3) is 0 Å². The largest absolute Gasteiger partial charge is 0.480 e. The van der Waals surface area contributed by atoms with Crippen LogP contribution in [-0.4, -0.2) is 53.2 Å². The summed E-state index contributed by atoms with van der Waals surface area (Å²) >= 11 is 1.92. The van der Waals surface area contributed by atoms with Crippen molar-refractivity contribution in [2.45, 2.75) is 18.5 Å². The van der Waals surface area contributed by atoms with Gasteiger partial charge in [0.25, 0.3) is 0 Å². The van der Waals surface area contributed by atoms with Crippen molar-refractivity contribution in [1.29, 1.82) is 0 Å². The van der Waals surface area contributed by atoms with Gasteiger partial charge in [0, 0.05) is 18.3 Å². The fourth-order valence-electron chi connectivity index (χ4n) is 1.41.